The monoisotopic (exact) mass is 739 g/mol. The first-order valence-corrected chi connectivity index (χ1v) is 17.7. The Kier molecular flexibility index (Phi) is 10.4. The van der Waals surface area contributed by atoms with Gasteiger partial charge in [0.1, 0.15) is 34.5 Å². The Morgan fingerprint density at radius 1 is 1.08 bits per heavy atom. The second-order valence-corrected chi connectivity index (χ2v) is 14.2. The number of carbonyl (C=O) groups excluding carboxylic acids is 3. The number of pyridine rings is 1. The molecule has 1 aliphatic heterocycles. The number of ether oxygens (including phenoxy) is 1. The van der Waals surface area contributed by atoms with E-state index in [0.29, 0.717) is 53.4 Å². The second-order valence-electron chi connectivity index (χ2n) is 13.3. The molecule has 2 aliphatic rings. The number of allylic oxidation sites excluding steroid dienone is 1. The van der Waals surface area contributed by atoms with E-state index in [2.05, 4.69) is 55.4 Å². The Bertz CT molecular complexity index is 1970. The summed E-state index contributed by atoms with van der Waals surface area (Å²) < 4.78 is 8.12. The van der Waals surface area contributed by atoms with Gasteiger partial charge in [-0.2, -0.15) is 5.10 Å². The highest BCUT2D eigenvalue weighted by atomic mass is 79.9. The van der Waals surface area contributed by atoms with E-state index >= 15 is 0 Å². The number of nitrogens with zero attached hydrogens (tertiary/aromatic N) is 6. The van der Waals surface area contributed by atoms with Crippen LogP contribution in [-0.4, -0.2) is 72.5 Å². The number of carbonyl (C=O) groups is 3. The highest BCUT2D eigenvalue weighted by Crippen LogP contribution is 2.60. The quantitative estimate of drug-likeness (QED) is 0.0627. The molecule has 260 valence electrons. The van der Waals surface area contributed by atoms with Gasteiger partial charge < -0.3 is 15.0 Å². The number of anilines is 1. The molecule has 1 saturated heterocycles. The van der Waals surface area contributed by atoms with Gasteiger partial charge in [-0.3, -0.25) is 19.1 Å². The van der Waals surface area contributed by atoms with Crippen molar-refractivity contribution in [3.63, 3.8) is 0 Å². The molecule has 11 nitrogen and oxygen atoms in total. The first kappa shape index (κ1) is 35.3. The molecule has 3 aromatic heterocycles. The number of nitrogens with one attached hydrogen (secondary N) is 1. The SMILES string of the molecule is C=CCCCCc1cc(-c2cnc(C)nc2)cc2c(C(C)=O)nn(CC(=O)N3[C@H](C(=O)Nc4nc(Br)ccc4C)C[C@@]4(COCC=C)C[C@@H]34)c12. The van der Waals surface area contributed by atoms with Gasteiger partial charge in [-0.15, -0.1) is 13.2 Å². The van der Waals surface area contributed by atoms with E-state index in [4.69, 9.17) is 9.84 Å². The number of piperidine rings is 1. The van der Waals surface area contributed by atoms with Crippen LogP contribution in [0.5, 0.6) is 0 Å². The molecule has 12 heteroatoms. The van der Waals surface area contributed by atoms with Crippen molar-refractivity contribution in [3.8, 4) is 11.1 Å². The van der Waals surface area contributed by atoms with Crippen LogP contribution in [-0.2, 0) is 27.3 Å². The van der Waals surface area contributed by atoms with E-state index in [1.54, 1.807) is 28.1 Å². The largest absolute Gasteiger partial charge is 0.377 e. The van der Waals surface area contributed by atoms with Gasteiger partial charge >= 0.3 is 0 Å². The number of benzene rings is 1. The molecule has 2 fully saturated rings. The minimum absolute atomic E-state index is 0.130. The predicted octanol–water partition coefficient (Wildman–Crippen LogP) is 6.57. The van der Waals surface area contributed by atoms with Crippen molar-refractivity contribution in [1.29, 1.82) is 0 Å². The maximum Gasteiger partial charge on any atom is 0.248 e. The summed E-state index contributed by atoms with van der Waals surface area (Å²) in [6.45, 7) is 13.5. The highest BCUT2D eigenvalue weighted by Gasteiger charge is 2.67. The summed E-state index contributed by atoms with van der Waals surface area (Å²) in [5.41, 5.74) is 4.19. The lowest BCUT2D eigenvalue weighted by Gasteiger charge is -2.27. The fraction of sp³-hybridized carbons (Fsp3) is 0.395. The molecule has 50 heavy (non-hydrogen) atoms. The Balaban J connectivity index is 1.36. The van der Waals surface area contributed by atoms with Crippen LogP contribution in [0.3, 0.4) is 0 Å². The minimum Gasteiger partial charge on any atom is -0.377 e. The van der Waals surface area contributed by atoms with Gasteiger partial charge in [0.15, 0.2) is 5.78 Å². The third-order valence-electron chi connectivity index (χ3n) is 9.70. The lowest BCUT2D eigenvalue weighted by atomic mass is 9.97. The molecule has 0 unspecified atom stereocenters. The zero-order valence-electron chi connectivity index (χ0n) is 28.7. The van der Waals surface area contributed by atoms with E-state index in [9.17, 15) is 14.4 Å². The molecule has 1 saturated carbocycles. The van der Waals surface area contributed by atoms with Crippen molar-refractivity contribution < 1.29 is 19.1 Å². The van der Waals surface area contributed by atoms with Crippen molar-refractivity contribution in [2.24, 2.45) is 5.41 Å². The van der Waals surface area contributed by atoms with Crippen molar-refractivity contribution in [2.45, 2.75) is 77.9 Å². The summed E-state index contributed by atoms with van der Waals surface area (Å²) in [5.74, 6) is 0.357. The number of hydrogen-bond acceptors (Lipinski definition) is 8. The molecule has 0 radical (unpaired) electrons. The molecule has 1 aromatic carbocycles. The van der Waals surface area contributed by atoms with Crippen molar-refractivity contribution in [1.82, 2.24) is 29.6 Å². The van der Waals surface area contributed by atoms with Crippen LogP contribution in [0.15, 0.2) is 66.6 Å². The first-order valence-electron chi connectivity index (χ1n) is 16.9. The summed E-state index contributed by atoms with van der Waals surface area (Å²) in [6, 6.07) is 6.81. The summed E-state index contributed by atoms with van der Waals surface area (Å²) in [6.07, 6.45) is 11.8. The van der Waals surface area contributed by atoms with Gasteiger partial charge in [0.25, 0.3) is 0 Å². The molecule has 0 spiro atoms. The number of aromatic nitrogens is 5. The number of fused-ring (bicyclic) bond motifs is 2. The van der Waals surface area contributed by atoms with E-state index in [-0.39, 0.29) is 35.6 Å². The highest BCUT2D eigenvalue weighted by molar-refractivity contribution is 9.10. The standard InChI is InChI=1S/C38H42BrN7O4/c1-6-8-9-10-11-26-15-27(28-19-40-25(5)41-20-28)16-29-34(24(4)47)44-45(35(26)29)21-33(48)46-30(17-38(18-31(38)46)22-50-14-7-2)37(49)43-36-23(3)12-13-32(39)42-36/h6-7,12-13,15-16,19-20,30-31H,1-2,8-11,14,17-18,21-22H2,3-5H3,(H,42,43,49)/t30-,31+,38-/m0/s1. The van der Waals surface area contributed by atoms with Gasteiger partial charge in [-0.25, -0.2) is 15.0 Å². The van der Waals surface area contributed by atoms with Gasteiger partial charge in [-0.05, 0) is 103 Å². The summed E-state index contributed by atoms with van der Waals surface area (Å²) in [5, 5.41) is 8.39. The van der Waals surface area contributed by atoms with Gasteiger partial charge in [0.05, 0.1) is 18.7 Å². The van der Waals surface area contributed by atoms with Crippen molar-refractivity contribution in [3.05, 3.63) is 89.2 Å². The maximum atomic E-state index is 14.5. The number of halogens is 1. The smallest absolute Gasteiger partial charge is 0.248 e. The van der Waals surface area contributed by atoms with E-state index in [1.165, 1.54) is 6.92 Å². The van der Waals surface area contributed by atoms with Crippen LogP contribution in [0.2, 0.25) is 0 Å². The molecule has 1 aliphatic carbocycles. The summed E-state index contributed by atoms with van der Waals surface area (Å²) in [4.78, 5) is 56.3. The number of hydrogen-bond donors (Lipinski definition) is 1. The average Bonchev–Trinajstić information content (AvgIpc) is 3.49. The van der Waals surface area contributed by atoms with Crippen LogP contribution in [0.25, 0.3) is 22.0 Å². The molecule has 0 bridgehead atoms. The van der Waals surface area contributed by atoms with E-state index in [0.717, 1.165) is 53.5 Å². The number of amides is 2. The number of likely N-dealkylation sites (tertiary alicyclic amines) is 1. The molecule has 6 rings (SSSR count). The van der Waals surface area contributed by atoms with Gasteiger partial charge in [0.2, 0.25) is 11.8 Å². The van der Waals surface area contributed by atoms with Gasteiger partial charge in [-0.1, -0.05) is 18.2 Å². The lowest BCUT2D eigenvalue weighted by molar-refractivity contribution is -0.138. The maximum absolute atomic E-state index is 14.5. The predicted molar refractivity (Wildman–Crippen MR) is 196 cm³/mol. The lowest BCUT2D eigenvalue weighted by Crippen LogP contribution is -2.47. The fourth-order valence-electron chi connectivity index (χ4n) is 7.09. The third-order valence-corrected chi connectivity index (χ3v) is 10.1. The zero-order valence-corrected chi connectivity index (χ0v) is 30.3. The van der Waals surface area contributed by atoms with Crippen LogP contribution < -0.4 is 5.32 Å². The molecule has 3 atom stereocenters. The minimum atomic E-state index is -0.727. The average molecular weight is 741 g/mol. The Morgan fingerprint density at radius 3 is 2.58 bits per heavy atom. The topological polar surface area (TPSA) is 132 Å². The normalized spacial score (nSPS) is 19.3. The summed E-state index contributed by atoms with van der Waals surface area (Å²) in [7, 11) is 0. The van der Waals surface area contributed by atoms with Crippen LogP contribution in [0.1, 0.15) is 66.5 Å². The number of unbranched alkanes of at least 4 members (excludes halogenated alkanes) is 2. The van der Waals surface area contributed by atoms with Crippen LogP contribution in [0, 0.1) is 19.3 Å². The van der Waals surface area contributed by atoms with E-state index in [1.807, 2.05) is 38.1 Å². The number of rotatable bonds is 15. The number of ketones is 1. The van der Waals surface area contributed by atoms with E-state index < -0.39 is 6.04 Å². The zero-order chi connectivity index (χ0) is 35.6. The Hall–Kier alpha value is -4.55. The summed E-state index contributed by atoms with van der Waals surface area (Å²) >= 11 is 3.39. The van der Waals surface area contributed by atoms with Crippen molar-refractivity contribution in [2.75, 3.05) is 18.5 Å². The molecule has 4 heterocycles. The Morgan fingerprint density at radius 2 is 1.86 bits per heavy atom. The Labute approximate surface area is 300 Å². The molecule has 4 aromatic rings. The number of aryl methyl sites for hydroxylation is 3. The molecule has 1 N–H and O–H groups in total. The van der Waals surface area contributed by atoms with Crippen LogP contribution in [0.4, 0.5) is 5.82 Å². The number of Topliss-reactive ketones (excluding diaryl/α,β-unsaturated/α-hetero) is 1. The molecular formula is C38H42BrN7O4. The fourth-order valence-corrected chi connectivity index (χ4v) is 7.40. The van der Waals surface area contributed by atoms with Crippen molar-refractivity contribution >= 4 is 50.2 Å². The van der Waals surface area contributed by atoms with Crippen LogP contribution >= 0.6 is 15.9 Å². The molecular weight excluding hydrogens is 698 g/mol. The third kappa shape index (κ3) is 7.18. The van der Waals surface area contributed by atoms with Gasteiger partial charge in [0, 0.05) is 41.7 Å². The first-order chi connectivity index (χ1) is 24.0. The second kappa shape index (κ2) is 14.7. The molecule has 2 amide bonds.